The smallest absolute Gasteiger partial charge is 0.337 e. The molecule has 0 N–H and O–H groups in total. The van der Waals surface area contributed by atoms with Crippen LogP contribution in [0, 0.1) is 0 Å². The first-order valence-electron chi connectivity index (χ1n) is 9.89. The third kappa shape index (κ3) is 4.32. The van der Waals surface area contributed by atoms with E-state index in [0.29, 0.717) is 22.8 Å². The molecule has 0 aliphatic heterocycles. The maximum atomic E-state index is 13.5. The Kier molecular flexibility index (Phi) is 6.04. The Labute approximate surface area is 184 Å². The zero-order valence-electron chi connectivity index (χ0n) is 17.2. The lowest BCUT2D eigenvalue weighted by atomic mass is 10.1. The van der Waals surface area contributed by atoms with Gasteiger partial charge in [-0.3, -0.25) is 14.7 Å². The van der Waals surface area contributed by atoms with Gasteiger partial charge in [-0.25, -0.2) is 9.78 Å². The summed E-state index contributed by atoms with van der Waals surface area (Å²) >= 11 is 1.48. The van der Waals surface area contributed by atoms with Crippen molar-refractivity contribution < 1.29 is 14.3 Å². The van der Waals surface area contributed by atoms with Crippen LogP contribution in [0.2, 0.25) is 0 Å². The summed E-state index contributed by atoms with van der Waals surface area (Å²) in [7, 11) is 1.33. The Bertz CT molecular complexity index is 1220. The van der Waals surface area contributed by atoms with Crippen molar-refractivity contribution in [3.8, 4) is 0 Å². The van der Waals surface area contributed by atoms with Crippen molar-refractivity contribution in [3.05, 3.63) is 89.2 Å². The fourth-order valence-corrected chi connectivity index (χ4v) is 4.31. The second kappa shape index (κ2) is 9.06. The summed E-state index contributed by atoms with van der Waals surface area (Å²) in [6.07, 6.45) is 2.57. The fourth-order valence-electron chi connectivity index (χ4n) is 3.30. The normalized spacial score (nSPS) is 10.8. The van der Waals surface area contributed by atoms with Crippen molar-refractivity contribution >= 4 is 38.6 Å². The monoisotopic (exact) mass is 431 g/mol. The van der Waals surface area contributed by atoms with Gasteiger partial charge in [0.15, 0.2) is 5.13 Å². The van der Waals surface area contributed by atoms with Crippen LogP contribution in [-0.4, -0.2) is 29.0 Å². The van der Waals surface area contributed by atoms with E-state index in [2.05, 4.69) is 18.0 Å². The number of aryl methyl sites for hydroxylation is 1. The number of benzene rings is 2. The number of fused-ring (bicyclic) bond motifs is 1. The SMILES string of the molecule is CCc1cccc2sc(N(Cc3ccccn3)C(=O)c3ccc(C(=O)OC)cc3)nc12. The number of esters is 1. The molecule has 0 aliphatic carbocycles. The molecule has 0 bridgehead atoms. The molecule has 6 nitrogen and oxygen atoms in total. The lowest BCUT2D eigenvalue weighted by molar-refractivity contribution is 0.0600. The molecule has 2 aromatic carbocycles. The van der Waals surface area contributed by atoms with Crippen LogP contribution in [0.5, 0.6) is 0 Å². The molecule has 0 saturated heterocycles. The van der Waals surface area contributed by atoms with Gasteiger partial charge in [-0.1, -0.05) is 36.5 Å². The number of amides is 1. The first-order chi connectivity index (χ1) is 15.1. The molecule has 0 aliphatic rings. The van der Waals surface area contributed by atoms with E-state index in [9.17, 15) is 9.59 Å². The van der Waals surface area contributed by atoms with E-state index in [-0.39, 0.29) is 5.91 Å². The molecule has 2 heterocycles. The largest absolute Gasteiger partial charge is 0.465 e. The van der Waals surface area contributed by atoms with Gasteiger partial charge in [0, 0.05) is 11.8 Å². The van der Waals surface area contributed by atoms with E-state index in [1.54, 1.807) is 35.4 Å². The number of anilines is 1. The number of rotatable bonds is 6. The summed E-state index contributed by atoms with van der Waals surface area (Å²) in [6, 6.07) is 18.1. The Balaban J connectivity index is 1.74. The number of pyridine rings is 1. The van der Waals surface area contributed by atoms with Crippen molar-refractivity contribution in [2.75, 3.05) is 12.0 Å². The molecule has 2 aromatic heterocycles. The molecule has 0 atom stereocenters. The van der Waals surface area contributed by atoms with Crippen LogP contribution in [0.15, 0.2) is 66.9 Å². The lowest BCUT2D eigenvalue weighted by Crippen LogP contribution is -2.30. The number of hydrogen-bond acceptors (Lipinski definition) is 6. The lowest BCUT2D eigenvalue weighted by Gasteiger charge is -2.19. The fraction of sp³-hybridized carbons (Fsp3) is 0.167. The summed E-state index contributed by atoms with van der Waals surface area (Å²) < 4.78 is 5.77. The highest BCUT2D eigenvalue weighted by atomic mass is 32.1. The van der Waals surface area contributed by atoms with Crippen molar-refractivity contribution in [2.24, 2.45) is 0 Å². The van der Waals surface area contributed by atoms with E-state index in [1.165, 1.54) is 18.4 Å². The molecule has 7 heteroatoms. The molecule has 0 fully saturated rings. The standard InChI is InChI=1S/C24H21N3O3S/c1-3-16-7-6-9-20-21(16)26-24(31-20)27(15-19-8-4-5-14-25-19)22(28)17-10-12-18(13-11-17)23(29)30-2/h4-14H,3,15H2,1-2H3. The highest BCUT2D eigenvalue weighted by Gasteiger charge is 2.23. The van der Waals surface area contributed by atoms with Crippen LogP contribution in [-0.2, 0) is 17.7 Å². The van der Waals surface area contributed by atoms with E-state index in [0.717, 1.165) is 27.9 Å². The number of nitrogens with zero attached hydrogens (tertiary/aromatic N) is 3. The number of ether oxygens (including phenoxy) is 1. The summed E-state index contributed by atoms with van der Waals surface area (Å²) in [5, 5.41) is 0.614. The van der Waals surface area contributed by atoms with Gasteiger partial charge in [0.25, 0.3) is 5.91 Å². The van der Waals surface area contributed by atoms with Crippen LogP contribution in [0.1, 0.15) is 38.9 Å². The zero-order chi connectivity index (χ0) is 21.8. The molecule has 0 unspecified atom stereocenters. The minimum Gasteiger partial charge on any atom is -0.465 e. The van der Waals surface area contributed by atoms with Gasteiger partial charge in [-0.05, 0) is 54.4 Å². The molecule has 4 aromatic rings. The van der Waals surface area contributed by atoms with Gasteiger partial charge in [0.05, 0.1) is 35.1 Å². The van der Waals surface area contributed by atoms with E-state index in [1.807, 2.05) is 30.3 Å². The molecule has 1 amide bonds. The zero-order valence-corrected chi connectivity index (χ0v) is 18.1. The summed E-state index contributed by atoms with van der Waals surface area (Å²) in [5.74, 6) is -0.651. The third-order valence-corrected chi connectivity index (χ3v) is 5.99. The van der Waals surface area contributed by atoms with Crippen LogP contribution in [0.25, 0.3) is 10.2 Å². The number of methoxy groups -OCH3 is 1. The predicted molar refractivity (Wildman–Crippen MR) is 122 cm³/mol. The molecule has 0 spiro atoms. The maximum Gasteiger partial charge on any atom is 0.337 e. The van der Waals surface area contributed by atoms with Crippen molar-refractivity contribution in [1.29, 1.82) is 0 Å². The van der Waals surface area contributed by atoms with Crippen molar-refractivity contribution in [3.63, 3.8) is 0 Å². The average Bonchev–Trinajstić information content (AvgIpc) is 3.26. The predicted octanol–water partition coefficient (Wildman–Crippen LogP) is 4.89. The van der Waals surface area contributed by atoms with Gasteiger partial charge in [-0.15, -0.1) is 0 Å². The Morgan fingerprint density at radius 1 is 1.00 bits per heavy atom. The van der Waals surface area contributed by atoms with Crippen LogP contribution < -0.4 is 4.90 Å². The quantitative estimate of drug-likeness (QED) is 0.407. The average molecular weight is 432 g/mol. The molecule has 31 heavy (non-hydrogen) atoms. The summed E-state index contributed by atoms with van der Waals surface area (Å²) in [4.78, 5) is 36.0. The number of thiazole rings is 1. The second-order valence-corrected chi connectivity index (χ2v) is 7.90. The molecule has 4 rings (SSSR count). The first-order valence-corrected chi connectivity index (χ1v) is 10.7. The third-order valence-electron chi connectivity index (χ3n) is 4.95. The molecular weight excluding hydrogens is 410 g/mol. The highest BCUT2D eigenvalue weighted by Crippen LogP contribution is 2.32. The Morgan fingerprint density at radius 2 is 1.77 bits per heavy atom. The maximum absolute atomic E-state index is 13.5. The van der Waals surface area contributed by atoms with Gasteiger partial charge in [0.2, 0.25) is 0 Å². The van der Waals surface area contributed by atoms with Crippen LogP contribution >= 0.6 is 11.3 Å². The number of carbonyl (C=O) groups is 2. The van der Waals surface area contributed by atoms with Crippen molar-refractivity contribution in [2.45, 2.75) is 19.9 Å². The number of aromatic nitrogens is 2. The minimum atomic E-state index is -0.442. The van der Waals surface area contributed by atoms with Gasteiger partial charge in [0.1, 0.15) is 0 Å². The highest BCUT2D eigenvalue weighted by molar-refractivity contribution is 7.22. The molecule has 0 saturated carbocycles. The molecular formula is C24H21N3O3S. The Morgan fingerprint density at radius 3 is 2.45 bits per heavy atom. The van der Waals surface area contributed by atoms with Crippen LogP contribution in [0.3, 0.4) is 0 Å². The van der Waals surface area contributed by atoms with Gasteiger partial charge >= 0.3 is 5.97 Å². The molecule has 156 valence electrons. The number of carbonyl (C=O) groups excluding carboxylic acids is 2. The van der Waals surface area contributed by atoms with E-state index >= 15 is 0 Å². The number of para-hydroxylation sites is 1. The summed E-state index contributed by atoms with van der Waals surface area (Å²) in [6.45, 7) is 2.38. The minimum absolute atomic E-state index is 0.209. The van der Waals surface area contributed by atoms with Gasteiger partial charge < -0.3 is 4.74 Å². The molecule has 0 radical (unpaired) electrons. The summed E-state index contributed by atoms with van der Waals surface area (Å²) in [5.41, 5.74) is 3.68. The van der Waals surface area contributed by atoms with Crippen LogP contribution in [0.4, 0.5) is 5.13 Å². The topological polar surface area (TPSA) is 72.4 Å². The van der Waals surface area contributed by atoms with E-state index in [4.69, 9.17) is 9.72 Å². The number of hydrogen-bond donors (Lipinski definition) is 0. The van der Waals surface area contributed by atoms with Gasteiger partial charge in [-0.2, -0.15) is 0 Å². The van der Waals surface area contributed by atoms with E-state index < -0.39 is 5.97 Å². The van der Waals surface area contributed by atoms with Crippen molar-refractivity contribution in [1.82, 2.24) is 9.97 Å². The Hall–Kier alpha value is -3.58. The second-order valence-electron chi connectivity index (χ2n) is 6.90. The first kappa shape index (κ1) is 20.7.